The molecule has 0 amide bonds. The lowest BCUT2D eigenvalue weighted by Gasteiger charge is -2.49. The summed E-state index contributed by atoms with van der Waals surface area (Å²) >= 11 is 0. The van der Waals surface area contributed by atoms with Crippen LogP contribution in [0.15, 0.2) is 24.3 Å². The van der Waals surface area contributed by atoms with E-state index in [1.807, 2.05) is 0 Å². The smallest absolute Gasteiger partial charge is 0.0116 e. The van der Waals surface area contributed by atoms with E-state index in [4.69, 9.17) is 0 Å². The van der Waals surface area contributed by atoms with Gasteiger partial charge in [-0.05, 0) is 41.8 Å². The Morgan fingerprint density at radius 3 is 3.00 bits per heavy atom. The normalized spacial score (nSPS) is 38.5. The van der Waals surface area contributed by atoms with Gasteiger partial charge in [0.15, 0.2) is 0 Å². The van der Waals surface area contributed by atoms with Crippen LogP contribution in [0.3, 0.4) is 0 Å². The van der Waals surface area contributed by atoms with Crippen molar-refractivity contribution in [1.82, 2.24) is 5.32 Å². The average Bonchev–Trinajstić information content (AvgIpc) is 2.24. The molecule has 1 heterocycles. The SMILES string of the molecule is C[C@@H]1CN[C@@H]2Cc3ccccc3[C@@]1(C)C2. The van der Waals surface area contributed by atoms with Gasteiger partial charge in [0.2, 0.25) is 0 Å². The molecule has 15 heavy (non-hydrogen) atoms. The van der Waals surface area contributed by atoms with E-state index in [1.165, 1.54) is 19.4 Å². The Balaban J connectivity index is 2.15. The third-order valence-electron chi connectivity index (χ3n) is 4.57. The van der Waals surface area contributed by atoms with Gasteiger partial charge in [0, 0.05) is 6.04 Å². The van der Waals surface area contributed by atoms with Crippen LogP contribution < -0.4 is 5.32 Å². The van der Waals surface area contributed by atoms with Crippen molar-refractivity contribution in [2.24, 2.45) is 5.92 Å². The fourth-order valence-corrected chi connectivity index (χ4v) is 3.39. The van der Waals surface area contributed by atoms with Gasteiger partial charge < -0.3 is 5.32 Å². The topological polar surface area (TPSA) is 12.0 Å². The molecule has 0 unspecified atom stereocenters. The molecule has 3 rings (SSSR count). The molecular formula is C14H19N. The first-order valence-corrected chi connectivity index (χ1v) is 6.02. The van der Waals surface area contributed by atoms with Gasteiger partial charge in [-0.25, -0.2) is 0 Å². The molecule has 0 radical (unpaired) electrons. The second kappa shape index (κ2) is 3.08. The number of hydrogen-bond acceptors (Lipinski definition) is 1. The van der Waals surface area contributed by atoms with E-state index < -0.39 is 0 Å². The second-order valence-electron chi connectivity index (χ2n) is 5.49. The molecule has 1 nitrogen and oxygen atoms in total. The molecular weight excluding hydrogens is 182 g/mol. The van der Waals surface area contributed by atoms with Gasteiger partial charge in [0.05, 0.1) is 0 Å². The lowest BCUT2D eigenvalue weighted by atomic mass is 9.61. The van der Waals surface area contributed by atoms with Crippen LogP contribution in [0.4, 0.5) is 0 Å². The number of piperidine rings is 1. The molecule has 80 valence electrons. The zero-order valence-corrected chi connectivity index (χ0v) is 9.59. The van der Waals surface area contributed by atoms with E-state index in [0.717, 1.165) is 5.92 Å². The van der Waals surface area contributed by atoms with Crippen LogP contribution in [0.1, 0.15) is 31.4 Å². The molecule has 2 bridgehead atoms. The number of hydrogen-bond donors (Lipinski definition) is 1. The van der Waals surface area contributed by atoms with Gasteiger partial charge in [-0.1, -0.05) is 38.1 Å². The fourth-order valence-electron chi connectivity index (χ4n) is 3.39. The van der Waals surface area contributed by atoms with E-state index in [1.54, 1.807) is 11.1 Å². The van der Waals surface area contributed by atoms with Gasteiger partial charge in [-0.3, -0.25) is 0 Å². The van der Waals surface area contributed by atoms with Crippen LogP contribution in [0, 0.1) is 5.92 Å². The summed E-state index contributed by atoms with van der Waals surface area (Å²) in [5, 5.41) is 3.67. The summed E-state index contributed by atoms with van der Waals surface area (Å²) in [5.74, 6) is 0.746. The minimum absolute atomic E-state index is 0.408. The Labute approximate surface area is 91.9 Å². The maximum atomic E-state index is 3.67. The minimum atomic E-state index is 0.408. The van der Waals surface area contributed by atoms with E-state index >= 15 is 0 Å². The maximum Gasteiger partial charge on any atom is 0.0116 e. The van der Waals surface area contributed by atoms with Crippen molar-refractivity contribution >= 4 is 0 Å². The zero-order chi connectivity index (χ0) is 10.5. The zero-order valence-electron chi connectivity index (χ0n) is 9.59. The highest BCUT2D eigenvalue weighted by Crippen LogP contribution is 2.44. The van der Waals surface area contributed by atoms with Crippen molar-refractivity contribution in [2.45, 2.75) is 38.1 Å². The summed E-state index contributed by atoms with van der Waals surface area (Å²) in [5.41, 5.74) is 3.58. The largest absolute Gasteiger partial charge is 0.313 e. The monoisotopic (exact) mass is 201 g/mol. The molecule has 1 aromatic rings. The maximum absolute atomic E-state index is 3.67. The Morgan fingerprint density at radius 1 is 1.33 bits per heavy atom. The molecule has 3 atom stereocenters. The Hall–Kier alpha value is -0.820. The fraction of sp³-hybridized carbons (Fsp3) is 0.571. The van der Waals surface area contributed by atoms with Crippen molar-refractivity contribution in [1.29, 1.82) is 0 Å². The van der Waals surface area contributed by atoms with Gasteiger partial charge in [0.25, 0.3) is 0 Å². The summed E-state index contributed by atoms with van der Waals surface area (Å²) in [6.45, 7) is 6.00. The highest BCUT2D eigenvalue weighted by Gasteiger charge is 2.43. The van der Waals surface area contributed by atoms with Crippen LogP contribution in [-0.2, 0) is 11.8 Å². The summed E-state index contributed by atoms with van der Waals surface area (Å²) in [4.78, 5) is 0. The van der Waals surface area contributed by atoms with Crippen molar-refractivity contribution in [3.63, 3.8) is 0 Å². The molecule has 0 aromatic heterocycles. The summed E-state index contributed by atoms with van der Waals surface area (Å²) in [7, 11) is 0. The second-order valence-corrected chi connectivity index (χ2v) is 5.49. The van der Waals surface area contributed by atoms with Gasteiger partial charge in [0.1, 0.15) is 0 Å². The number of rotatable bonds is 0. The predicted molar refractivity (Wildman–Crippen MR) is 63.1 cm³/mol. The van der Waals surface area contributed by atoms with Crippen molar-refractivity contribution in [3.05, 3.63) is 35.4 Å². The first-order valence-electron chi connectivity index (χ1n) is 6.02. The predicted octanol–water partition coefficient (Wildman–Crippen LogP) is 2.50. The highest BCUT2D eigenvalue weighted by molar-refractivity contribution is 5.39. The molecule has 1 aromatic carbocycles. The van der Waals surface area contributed by atoms with E-state index in [2.05, 4.69) is 43.4 Å². The van der Waals surface area contributed by atoms with Gasteiger partial charge in [-0.2, -0.15) is 0 Å². The van der Waals surface area contributed by atoms with Crippen molar-refractivity contribution in [3.8, 4) is 0 Å². The number of fused-ring (bicyclic) bond motifs is 4. The molecule has 1 fully saturated rings. The average molecular weight is 201 g/mol. The van der Waals surface area contributed by atoms with Crippen LogP contribution in [-0.4, -0.2) is 12.6 Å². The number of nitrogens with one attached hydrogen (secondary N) is 1. The quantitative estimate of drug-likeness (QED) is 0.680. The molecule has 0 saturated carbocycles. The minimum Gasteiger partial charge on any atom is -0.313 e. The molecule has 2 aliphatic rings. The number of benzene rings is 1. The summed E-state index contributed by atoms with van der Waals surface area (Å²) < 4.78 is 0. The third kappa shape index (κ3) is 1.26. The summed E-state index contributed by atoms with van der Waals surface area (Å²) in [6.07, 6.45) is 2.53. The van der Waals surface area contributed by atoms with Gasteiger partial charge >= 0.3 is 0 Å². The molecule has 1 N–H and O–H groups in total. The van der Waals surface area contributed by atoms with Crippen molar-refractivity contribution < 1.29 is 0 Å². The lowest BCUT2D eigenvalue weighted by molar-refractivity contribution is 0.176. The van der Waals surface area contributed by atoms with E-state index in [9.17, 15) is 0 Å². The van der Waals surface area contributed by atoms with Crippen molar-refractivity contribution in [2.75, 3.05) is 6.54 Å². The van der Waals surface area contributed by atoms with Crippen LogP contribution in [0.5, 0.6) is 0 Å². The Morgan fingerprint density at radius 2 is 2.13 bits per heavy atom. The molecule has 1 heteroatoms. The lowest BCUT2D eigenvalue weighted by Crippen LogP contribution is -2.54. The first-order chi connectivity index (χ1) is 7.20. The van der Waals surface area contributed by atoms with E-state index in [0.29, 0.717) is 11.5 Å². The standard InChI is InChI=1S/C14H19N/c1-10-9-15-12-7-11-5-3-4-6-13(11)14(10,2)8-12/h3-6,10,12,15H,7-9H2,1-2H3/t10-,12-,14+/m1/s1. The van der Waals surface area contributed by atoms with Crippen LogP contribution in [0.2, 0.25) is 0 Å². The highest BCUT2D eigenvalue weighted by atomic mass is 14.9. The molecule has 1 aliphatic heterocycles. The van der Waals surface area contributed by atoms with E-state index in [-0.39, 0.29) is 0 Å². The Bertz CT molecular complexity index is 385. The first kappa shape index (κ1) is 9.41. The molecule has 1 aliphatic carbocycles. The van der Waals surface area contributed by atoms with Gasteiger partial charge in [-0.15, -0.1) is 0 Å². The Kier molecular flexibility index (Phi) is 1.93. The van der Waals surface area contributed by atoms with Crippen LogP contribution >= 0.6 is 0 Å². The molecule has 1 saturated heterocycles. The van der Waals surface area contributed by atoms with Crippen LogP contribution in [0.25, 0.3) is 0 Å². The summed E-state index contributed by atoms with van der Waals surface area (Å²) in [6, 6.07) is 9.72. The molecule has 0 spiro atoms. The third-order valence-corrected chi connectivity index (χ3v) is 4.57.